The van der Waals surface area contributed by atoms with Crippen molar-refractivity contribution < 1.29 is 19.0 Å². The molecule has 0 aliphatic heterocycles. The molecule has 116 valence electrons. The third-order valence-corrected chi connectivity index (χ3v) is 2.86. The number of benzene rings is 1. The van der Waals surface area contributed by atoms with Crippen LogP contribution in [0, 0.1) is 10.1 Å². The van der Waals surface area contributed by atoms with Crippen molar-refractivity contribution in [1.29, 1.82) is 0 Å². The molecule has 0 aliphatic carbocycles. The molecule has 0 aliphatic rings. The third kappa shape index (κ3) is 3.37. The fourth-order valence-corrected chi connectivity index (χ4v) is 1.74. The first-order valence-corrected chi connectivity index (χ1v) is 6.47. The van der Waals surface area contributed by atoms with Crippen molar-refractivity contribution in [1.82, 2.24) is 15.5 Å². The van der Waals surface area contributed by atoms with E-state index in [0.717, 1.165) is 6.07 Å². The molecule has 0 saturated carbocycles. The van der Waals surface area contributed by atoms with Crippen LogP contribution in [-0.4, -0.2) is 28.1 Å². The molecule has 0 saturated heterocycles. The summed E-state index contributed by atoms with van der Waals surface area (Å²) in [5.41, 5.74) is -0.130. The van der Waals surface area contributed by atoms with Crippen LogP contribution in [0.15, 0.2) is 22.7 Å². The number of rotatable bonds is 6. The van der Waals surface area contributed by atoms with E-state index in [4.69, 9.17) is 9.26 Å². The van der Waals surface area contributed by atoms with Gasteiger partial charge < -0.3 is 14.6 Å². The van der Waals surface area contributed by atoms with Gasteiger partial charge in [0.1, 0.15) is 0 Å². The number of carbonyl (C=O) groups excluding carboxylic acids is 1. The molecule has 1 aromatic heterocycles. The molecular formula is C13H14N4O5. The summed E-state index contributed by atoms with van der Waals surface area (Å²) in [6.07, 6.45) is 0.603. The van der Waals surface area contributed by atoms with Crippen molar-refractivity contribution in [2.75, 3.05) is 7.11 Å². The zero-order valence-corrected chi connectivity index (χ0v) is 12.0. The van der Waals surface area contributed by atoms with E-state index < -0.39 is 10.8 Å². The lowest BCUT2D eigenvalue weighted by Crippen LogP contribution is -2.23. The number of aryl methyl sites for hydroxylation is 1. The zero-order valence-electron chi connectivity index (χ0n) is 12.0. The maximum absolute atomic E-state index is 12.0. The number of hydrogen-bond donors (Lipinski definition) is 1. The van der Waals surface area contributed by atoms with Gasteiger partial charge in [0.25, 0.3) is 5.91 Å². The second-order valence-electron chi connectivity index (χ2n) is 4.28. The minimum Gasteiger partial charge on any atom is -0.490 e. The summed E-state index contributed by atoms with van der Waals surface area (Å²) in [5, 5.41) is 17.2. The monoisotopic (exact) mass is 306 g/mol. The predicted octanol–water partition coefficient (Wildman–Crippen LogP) is 1.48. The highest BCUT2D eigenvalue weighted by atomic mass is 16.6. The Morgan fingerprint density at radius 3 is 2.86 bits per heavy atom. The van der Waals surface area contributed by atoms with Crippen LogP contribution in [-0.2, 0) is 13.0 Å². The Kier molecular flexibility index (Phi) is 4.66. The molecule has 22 heavy (non-hydrogen) atoms. The van der Waals surface area contributed by atoms with E-state index in [1.54, 1.807) is 0 Å². The van der Waals surface area contributed by atoms with Crippen LogP contribution < -0.4 is 10.1 Å². The quantitative estimate of drug-likeness (QED) is 0.633. The van der Waals surface area contributed by atoms with Crippen LogP contribution in [0.3, 0.4) is 0 Å². The van der Waals surface area contributed by atoms with Gasteiger partial charge >= 0.3 is 5.69 Å². The number of hydrogen-bond acceptors (Lipinski definition) is 7. The second-order valence-corrected chi connectivity index (χ2v) is 4.28. The van der Waals surface area contributed by atoms with Crippen molar-refractivity contribution in [2.24, 2.45) is 0 Å². The standard InChI is InChI=1S/C13H14N4O5/c1-3-12-15-11(16-22-12)7-14-13(18)8-4-5-10(21-2)9(6-8)17(19)20/h4-6H,3,7H2,1-2H3,(H,14,18). The summed E-state index contributed by atoms with van der Waals surface area (Å²) < 4.78 is 9.79. The SMILES string of the molecule is CCc1nc(CNC(=O)c2ccc(OC)c([N+](=O)[O-])c2)no1. The number of carbonyl (C=O) groups is 1. The van der Waals surface area contributed by atoms with E-state index in [-0.39, 0.29) is 23.5 Å². The maximum Gasteiger partial charge on any atom is 0.311 e. The van der Waals surface area contributed by atoms with Crippen molar-refractivity contribution in [3.05, 3.63) is 45.6 Å². The molecule has 9 heteroatoms. The number of nitro groups is 1. The summed E-state index contributed by atoms with van der Waals surface area (Å²) in [5.74, 6) is 0.429. The predicted molar refractivity (Wildman–Crippen MR) is 74.5 cm³/mol. The molecule has 1 aromatic carbocycles. The Balaban J connectivity index is 2.09. The lowest BCUT2D eigenvalue weighted by molar-refractivity contribution is -0.385. The molecule has 0 atom stereocenters. The molecule has 0 bridgehead atoms. The first-order valence-electron chi connectivity index (χ1n) is 6.47. The molecule has 0 spiro atoms. The van der Waals surface area contributed by atoms with Crippen molar-refractivity contribution in [3.63, 3.8) is 0 Å². The van der Waals surface area contributed by atoms with Gasteiger partial charge in [0.2, 0.25) is 5.89 Å². The number of aromatic nitrogens is 2. The Hall–Kier alpha value is -2.97. The highest BCUT2D eigenvalue weighted by Gasteiger charge is 2.18. The van der Waals surface area contributed by atoms with Crippen LogP contribution in [0.25, 0.3) is 0 Å². The van der Waals surface area contributed by atoms with E-state index in [0.29, 0.717) is 18.1 Å². The smallest absolute Gasteiger partial charge is 0.311 e. The summed E-state index contributed by atoms with van der Waals surface area (Å²) in [4.78, 5) is 26.4. The number of amides is 1. The van der Waals surface area contributed by atoms with Crippen LogP contribution >= 0.6 is 0 Å². The van der Waals surface area contributed by atoms with Gasteiger partial charge in [0.15, 0.2) is 11.6 Å². The van der Waals surface area contributed by atoms with Gasteiger partial charge in [-0.05, 0) is 12.1 Å². The zero-order chi connectivity index (χ0) is 16.1. The number of nitrogens with one attached hydrogen (secondary N) is 1. The molecule has 9 nitrogen and oxygen atoms in total. The van der Waals surface area contributed by atoms with Gasteiger partial charge in [-0.1, -0.05) is 12.1 Å². The van der Waals surface area contributed by atoms with Crippen molar-refractivity contribution in [2.45, 2.75) is 19.9 Å². The summed E-state index contributed by atoms with van der Waals surface area (Å²) in [6.45, 7) is 1.94. The summed E-state index contributed by atoms with van der Waals surface area (Å²) >= 11 is 0. The van der Waals surface area contributed by atoms with E-state index in [1.165, 1.54) is 19.2 Å². The normalized spacial score (nSPS) is 10.3. The van der Waals surface area contributed by atoms with Crippen LogP contribution in [0.5, 0.6) is 5.75 Å². The van der Waals surface area contributed by atoms with Crippen LogP contribution in [0.4, 0.5) is 5.69 Å². The van der Waals surface area contributed by atoms with Crippen molar-refractivity contribution >= 4 is 11.6 Å². The molecule has 1 N–H and O–H groups in total. The van der Waals surface area contributed by atoms with E-state index >= 15 is 0 Å². The number of nitro benzene ring substituents is 1. The second kappa shape index (κ2) is 6.66. The number of nitrogens with zero attached hydrogens (tertiary/aromatic N) is 3. The van der Waals surface area contributed by atoms with Gasteiger partial charge in [-0.15, -0.1) is 0 Å². The molecular weight excluding hydrogens is 292 g/mol. The highest BCUT2D eigenvalue weighted by Crippen LogP contribution is 2.27. The molecule has 2 rings (SSSR count). The van der Waals surface area contributed by atoms with E-state index in [1.807, 2.05) is 6.92 Å². The molecule has 0 fully saturated rings. The average molecular weight is 306 g/mol. The lowest BCUT2D eigenvalue weighted by atomic mass is 10.1. The first-order chi connectivity index (χ1) is 10.5. The maximum atomic E-state index is 12.0. The van der Waals surface area contributed by atoms with Crippen molar-refractivity contribution in [3.8, 4) is 5.75 Å². The number of methoxy groups -OCH3 is 1. The minimum absolute atomic E-state index is 0.0716. The fraction of sp³-hybridized carbons (Fsp3) is 0.308. The Morgan fingerprint density at radius 1 is 1.50 bits per heavy atom. The third-order valence-electron chi connectivity index (χ3n) is 2.86. The molecule has 0 unspecified atom stereocenters. The Morgan fingerprint density at radius 2 is 2.27 bits per heavy atom. The summed E-state index contributed by atoms with van der Waals surface area (Å²) in [6, 6.07) is 3.97. The number of ether oxygens (including phenoxy) is 1. The van der Waals surface area contributed by atoms with Crippen LogP contribution in [0.2, 0.25) is 0 Å². The van der Waals surface area contributed by atoms with Gasteiger partial charge in [0.05, 0.1) is 18.6 Å². The van der Waals surface area contributed by atoms with E-state index in [2.05, 4.69) is 15.5 Å². The fourth-order valence-electron chi connectivity index (χ4n) is 1.74. The topological polar surface area (TPSA) is 120 Å². The molecule has 0 radical (unpaired) electrons. The van der Waals surface area contributed by atoms with Gasteiger partial charge in [-0.2, -0.15) is 4.98 Å². The van der Waals surface area contributed by atoms with Crippen LogP contribution in [0.1, 0.15) is 29.0 Å². The highest BCUT2D eigenvalue weighted by molar-refractivity contribution is 5.95. The summed E-state index contributed by atoms with van der Waals surface area (Å²) in [7, 11) is 1.32. The minimum atomic E-state index is -0.609. The largest absolute Gasteiger partial charge is 0.490 e. The van der Waals surface area contributed by atoms with E-state index in [9.17, 15) is 14.9 Å². The average Bonchev–Trinajstić information content (AvgIpc) is 2.99. The molecule has 1 heterocycles. The first kappa shape index (κ1) is 15.4. The molecule has 2 aromatic rings. The van der Waals surface area contributed by atoms with Gasteiger partial charge in [0, 0.05) is 18.1 Å². The Bertz CT molecular complexity index is 697. The lowest BCUT2D eigenvalue weighted by Gasteiger charge is -2.05. The van der Waals surface area contributed by atoms with Gasteiger partial charge in [-0.3, -0.25) is 14.9 Å². The molecule has 1 amide bonds. The Labute approximate surface area is 125 Å². The van der Waals surface area contributed by atoms with Gasteiger partial charge in [-0.25, -0.2) is 0 Å².